The van der Waals surface area contributed by atoms with E-state index in [2.05, 4.69) is 10.3 Å². The maximum Gasteiger partial charge on any atom is 0.162 e. The van der Waals surface area contributed by atoms with E-state index >= 15 is 0 Å². The monoisotopic (exact) mass is 340 g/mol. The fraction of sp³-hybridized carbons (Fsp3) is 0.211. The van der Waals surface area contributed by atoms with Gasteiger partial charge in [-0.3, -0.25) is 4.98 Å². The minimum atomic E-state index is 0.644. The third kappa shape index (κ3) is 3.24. The highest BCUT2D eigenvalue weighted by Gasteiger charge is 2.11. The molecule has 2 aromatic carbocycles. The van der Waals surface area contributed by atoms with Crippen molar-refractivity contribution in [3.8, 4) is 23.0 Å². The first-order valence-electron chi connectivity index (χ1n) is 7.70. The van der Waals surface area contributed by atoms with Gasteiger partial charge in [-0.15, -0.1) is 0 Å². The summed E-state index contributed by atoms with van der Waals surface area (Å²) in [6.45, 7) is 0. The normalized spacial score (nSPS) is 10.4. The van der Waals surface area contributed by atoms with Gasteiger partial charge in [-0.1, -0.05) is 0 Å². The molecule has 0 aliphatic carbocycles. The molecule has 130 valence electrons. The third-order valence-corrected chi connectivity index (χ3v) is 3.91. The second-order valence-electron chi connectivity index (χ2n) is 5.28. The lowest BCUT2D eigenvalue weighted by Crippen LogP contribution is -1.97. The highest BCUT2D eigenvalue weighted by molar-refractivity contribution is 5.95. The Hall–Kier alpha value is -3.15. The first-order chi connectivity index (χ1) is 12.2. The molecule has 1 heterocycles. The number of nitrogens with zero attached hydrogens (tertiary/aromatic N) is 1. The molecule has 1 N–H and O–H groups in total. The Morgan fingerprint density at radius 2 is 1.36 bits per heavy atom. The van der Waals surface area contributed by atoms with E-state index in [1.54, 1.807) is 34.6 Å². The lowest BCUT2D eigenvalue weighted by atomic mass is 10.1. The van der Waals surface area contributed by atoms with Gasteiger partial charge in [0.2, 0.25) is 0 Å². The van der Waals surface area contributed by atoms with Gasteiger partial charge in [0.05, 0.1) is 34.0 Å². The number of aromatic nitrogens is 1. The molecule has 0 atom stereocenters. The molecule has 0 fully saturated rings. The number of rotatable bonds is 6. The Morgan fingerprint density at radius 1 is 0.720 bits per heavy atom. The molecule has 3 aromatic rings. The smallest absolute Gasteiger partial charge is 0.162 e. The predicted molar refractivity (Wildman–Crippen MR) is 97.7 cm³/mol. The molecule has 1 aromatic heterocycles. The zero-order valence-corrected chi connectivity index (χ0v) is 14.6. The van der Waals surface area contributed by atoms with Crippen molar-refractivity contribution in [2.45, 2.75) is 0 Å². The van der Waals surface area contributed by atoms with Crippen LogP contribution in [-0.2, 0) is 0 Å². The molecule has 25 heavy (non-hydrogen) atoms. The fourth-order valence-corrected chi connectivity index (χ4v) is 2.65. The van der Waals surface area contributed by atoms with Gasteiger partial charge in [0.15, 0.2) is 23.0 Å². The average molecular weight is 340 g/mol. The van der Waals surface area contributed by atoms with Crippen LogP contribution in [0.1, 0.15) is 0 Å². The average Bonchev–Trinajstić information content (AvgIpc) is 2.66. The van der Waals surface area contributed by atoms with Gasteiger partial charge in [-0.25, -0.2) is 0 Å². The van der Waals surface area contributed by atoms with Crippen molar-refractivity contribution in [2.75, 3.05) is 33.8 Å². The van der Waals surface area contributed by atoms with Crippen LogP contribution < -0.4 is 24.3 Å². The first-order valence-corrected chi connectivity index (χ1v) is 7.70. The SMILES string of the molecule is COc1ccc(Nc2ccnc3cc(OC)c(OC)cc23)cc1OC. The lowest BCUT2D eigenvalue weighted by molar-refractivity contribution is 0.355. The van der Waals surface area contributed by atoms with Crippen molar-refractivity contribution in [3.63, 3.8) is 0 Å². The Bertz CT molecular complexity index is 896. The standard InChI is InChI=1S/C19H20N2O4/c1-22-16-6-5-12(9-17(16)23-2)21-14-7-8-20-15-11-19(25-4)18(24-3)10-13(14)15/h5-11H,1-4H3,(H,20,21). The highest BCUT2D eigenvalue weighted by Crippen LogP contribution is 2.36. The maximum absolute atomic E-state index is 5.40. The molecule has 0 radical (unpaired) electrons. The number of fused-ring (bicyclic) bond motifs is 1. The highest BCUT2D eigenvalue weighted by atomic mass is 16.5. The zero-order chi connectivity index (χ0) is 17.8. The van der Waals surface area contributed by atoms with Crippen molar-refractivity contribution < 1.29 is 18.9 Å². The molecule has 6 nitrogen and oxygen atoms in total. The summed E-state index contributed by atoms with van der Waals surface area (Å²) in [5, 5.41) is 4.32. The van der Waals surface area contributed by atoms with Crippen LogP contribution >= 0.6 is 0 Å². The molecule has 0 aliphatic heterocycles. The van der Waals surface area contributed by atoms with Gasteiger partial charge in [0.25, 0.3) is 0 Å². The van der Waals surface area contributed by atoms with Crippen LogP contribution in [0.3, 0.4) is 0 Å². The number of nitrogens with one attached hydrogen (secondary N) is 1. The van der Waals surface area contributed by atoms with Crippen molar-refractivity contribution in [2.24, 2.45) is 0 Å². The third-order valence-electron chi connectivity index (χ3n) is 3.91. The molecule has 0 amide bonds. The Balaban J connectivity index is 2.04. The summed E-state index contributed by atoms with van der Waals surface area (Å²) < 4.78 is 21.4. The largest absolute Gasteiger partial charge is 0.493 e. The summed E-state index contributed by atoms with van der Waals surface area (Å²) in [6.07, 6.45) is 1.75. The molecule has 3 rings (SSSR count). The number of ether oxygens (including phenoxy) is 4. The van der Waals surface area contributed by atoms with Gasteiger partial charge in [-0.2, -0.15) is 0 Å². The van der Waals surface area contributed by atoms with E-state index in [0.29, 0.717) is 23.0 Å². The fourth-order valence-electron chi connectivity index (χ4n) is 2.65. The van der Waals surface area contributed by atoms with E-state index < -0.39 is 0 Å². The van der Waals surface area contributed by atoms with Crippen molar-refractivity contribution >= 4 is 22.3 Å². The topological polar surface area (TPSA) is 61.8 Å². The van der Waals surface area contributed by atoms with Crippen molar-refractivity contribution in [3.05, 3.63) is 42.6 Å². The Kier molecular flexibility index (Phi) is 4.79. The second kappa shape index (κ2) is 7.17. The second-order valence-corrected chi connectivity index (χ2v) is 5.28. The van der Waals surface area contributed by atoms with Crippen molar-refractivity contribution in [1.29, 1.82) is 0 Å². The van der Waals surface area contributed by atoms with Gasteiger partial charge in [-0.05, 0) is 24.3 Å². The lowest BCUT2D eigenvalue weighted by Gasteiger charge is -2.14. The summed E-state index contributed by atoms with van der Waals surface area (Å²) in [4.78, 5) is 4.41. The Morgan fingerprint density at radius 3 is 2.04 bits per heavy atom. The number of methoxy groups -OCH3 is 4. The van der Waals surface area contributed by atoms with E-state index in [4.69, 9.17) is 18.9 Å². The van der Waals surface area contributed by atoms with E-state index in [9.17, 15) is 0 Å². The minimum Gasteiger partial charge on any atom is -0.493 e. The molecule has 0 unspecified atom stereocenters. The van der Waals surface area contributed by atoms with E-state index in [0.717, 1.165) is 22.3 Å². The number of pyridine rings is 1. The molecule has 0 aliphatic rings. The van der Waals surface area contributed by atoms with Crippen LogP contribution in [0.5, 0.6) is 23.0 Å². The summed E-state index contributed by atoms with van der Waals surface area (Å²) in [6, 6.07) is 11.3. The minimum absolute atomic E-state index is 0.644. The summed E-state index contributed by atoms with van der Waals surface area (Å²) in [7, 11) is 6.44. The molecule has 0 saturated carbocycles. The van der Waals surface area contributed by atoms with Crippen LogP contribution in [0.2, 0.25) is 0 Å². The number of hydrogen-bond donors (Lipinski definition) is 1. The van der Waals surface area contributed by atoms with E-state index in [1.807, 2.05) is 36.4 Å². The van der Waals surface area contributed by atoms with Crippen molar-refractivity contribution in [1.82, 2.24) is 4.98 Å². The van der Waals surface area contributed by atoms with Crippen LogP contribution in [-0.4, -0.2) is 33.4 Å². The van der Waals surface area contributed by atoms with Gasteiger partial charge < -0.3 is 24.3 Å². The van der Waals surface area contributed by atoms with Gasteiger partial charge in [0, 0.05) is 35.1 Å². The molecule has 0 bridgehead atoms. The quantitative estimate of drug-likeness (QED) is 0.731. The summed E-state index contributed by atoms with van der Waals surface area (Å²) in [5.41, 5.74) is 2.58. The molecule has 0 spiro atoms. The zero-order valence-electron chi connectivity index (χ0n) is 14.6. The van der Waals surface area contributed by atoms with Crippen LogP contribution in [0, 0.1) is 0 Å². The van der Waals surface area contributed by atoms with Gasteiger partial charge >= 0.3 is 0 Å². The first kappa shape index (κ1) is 16.7. The summed E-state index contributed by atoms with van der Waals surface area (Å²) >= 11 is 0. The van der Waals surface area contributed by atoms with Gasteiger partial charge in [0.1, 0.15) is 0 Å². The molecular weight excluding hydrogens is 320 g/mol. The number of hydrogen-bond acceptors (Lipinski definition) is 6. The molecule has 0 saturated heterocycles. The van der Waals surface area contributed by atoms with Crippen LogP contribution in [0.15, 0.2) is 42.6 Å². The number of benzene rings is 2. The maximum atomic E-state index is 5.40. The van der Waals surface area contributed by atoms with E-state index in [1.165, 1.54) is 0 Å². The molecular formula is C19H20N2O4. The van der Waals surface area contributed by atoms with Crippen LogP contribution in [0.25, 0.3) is 10.9 Å². The Labute approximate surface area is 146 Å². The summed E-state index contributed by atoms with van der Waals surface area (Å²) in [5.74, 6) is 2.63. The van der Waals surface area contributed by atoms with E-state index in [-0.39, 0.29) is 0 Å². The number of anilines is 2. The predicted octanol–water partition coefficient (Wildman–Crippen LogP) is 4.01. The molecule has 6 heteroatoms. The van der Waals surface area contributed by atoms with Crippen LogP contribution in [0.4, 0.5) is 11.4 Å².